The summed E-state index contributed by atoms with van der Waals surface area (Å²) in [4.78, 5) is 20.0. The number of carboxylic acids is 2. The second-order valence-electron chi connectivity index (χ2n) is 1.91. The average Bonchev–Trinajstić information content (AvgIpc) is 1.84. The number of carbonyl (C=O) groups is 2. The van der Waals surface area contributed by atoms with Crippen LogP contribution in [0.5, 0.6) is 0 Å². The van der Waals surface area contributed by atoms with Crippen LogP contribution in [-0.2, 0) is 9.59 Å². The summed E-state index contributed by atoms with van der Waals surface area (Å²) in [5.41, 5.74) is 0. The Kier molecular flexibility index (Phi) is 3.84. The Morgan fingerprint density at radius 2 is 1.82 bits per heavy atom. The number of carboxylic acid groups (broad SMARTS) is 2. The van der Waals surface area contributed by atoms with Gasteiger partial charge in [0.2, 0.25) is 0 Å². The lowest BCUT2D eigenvalue weighted by molar-refractivity contribution is -0.142. The molecule has 0 fully saturated rings. The van der Waals surface area contributed by atoms with E-state index >= 15 is 0 Å². The number of hydrogen-bond donors (Lipinski definition) is 3. The topological polar surface area (TPSA) is 94.8 Å². The fraction of sp³-hybridized carbons (Fsp3) is 0.600. The fourth-order valence-corrected chi connectivity index (χ4v) is 0.536. The number of aliphatic hydroxyl groups excluding tert-OH is 1. The highest BCUT2D eigenvalue weighted by Crippen LogP contribution is 2.06. The third-order valence-electron chi connectivity index (χ3n) is 0.957. The van der Waals surface area contributed by atoms with Crippen LogP contribution >= 0.6 is 11.6 Å². The molecule has 0 aromatic heterocycles. The van der Waals surface area contributed by atoms with E-state index in [1.165, 1.54) is 0 Å². The van der Waals surface area contributed by atoms with E-state index in [1.54, 1.807) is 0 Å². The first-order chi connectivity index (χ1) is 4.95. The van der Waals surface area contributed by atoms with Gasteiger partial charge in [-0.25, -0.2) is 0 Å². The SMILES string of the molecule is O=C(O)CC(O)C(Cl)C(=O)O. The van der Waals surface area contributed by atoms with Gasteiger partial charge in [0.05, 0.1) is 12.5 Å². The van der Waals surface area contributed by atoms with Gasteiger partial charge in [-0.2, -0.15) is 0 Å². The number of aliphatic hydroxyl groups is 1. The highest BCUT2D eigenvalue weighted by molar-refractivity contribution is 6.30. The summed E-state index contributed by atoms with van der Waals surface area (Å²) in [6.07, 6.45) is -2.22. The Hall–Kier alpha value is -0.810. The van der Waals surface area contributed by atoms with Crippen molar-refractivity contribution in [3.8, 4) is 0 Å². The number of halogens is 1. The zero-order chi connectivity index (χ0) is 9.02. The summed E-state index contributed by atoms with van der Waals surface area (Å²) in [7, 11) is 0. The molecule has 0 spiro atoms. The minimum atomic E-state index is -1.56. The van der Waals surface area contributed by atoms with Crippen molar-refractivity contribution in [2.24, 2.45) is 0 Å². The van der Waals surface area contributed by atoms with Gasteiger partial charge in [-0.1, -0.05) is 0 Å². The van der Waals surface area contributed by atoms with Crippen LogP contribution < -0.4 is 0 Å². The molecular weight excluding hydrogens is 176 g/mol. The first-order valence-corrected chi connectivity index (χ1v) is 3.15. The highest BCUT2D eigenvalue weighted by Gasteiger charge is 2.25. The normalized spacial score (nSPS) is 15.5. The summed E-state index contributed by atoms with van der Waals surface area (Å²) < 4.78 is 0. The fourth-order valence-electron chi connectivity index (χ4n) is 0.447. The summed E-state index contributed by atoms with van der Waals surface area (Å²) in [6, 6.07) is 0. The predicted octanol–water partition coefficient (Wildman–Crippen LogP) is -0.486. The van der Waals surface area contributed by atoms with Crippen molar-refractivity contribution in [3.05, 3.63) is 0 Å². The number of aliphatic carboxylic acids is 2. The lowest BCUT2D eigenvalue weighted by Gasteiger charge is -2.09. The first kappa shape index (κ1) is 10.2. The van der Waals surface area contributed by atoms with Crippen LogP contribution in [0.3, 0.4) is 0 Å². The molecule has 0 aliphatic carbocycles. The van der Waals surface area contributed by atoms with Gasteiger partial charge in [-0.3, -0.25) is 9.59 Å². The van der Waals surface area contributed by atoms with Gasteiger partial charge < -0.3 is 15.3 Å². The molecule has 0 aliphatic heterocycles. The van der Waals surface area contributed by atoms with Gasteiger partial charge in [0.1, 0.15) is 0 Å². The Bertz CT molecular complexity index is 168. The van der Waals surface area contributed by atoms with Gasteiger partial charge in [0.25, 0.3) is 0 Å². The van der Waals surface area contributed by atoms with Crippen molar-refractivity contribution in [2.75, 3.05) is 0 Å². The average molecular weight is 183 g/mol. The van der Waals surface area contributed by atoms with E-state index < -0.39 is 29.8 Å². The molecular formula is C5H7ClO5. The molecule has 0 saturated carbocycles. The zero-order valence-corrected chi connectivity index (χ0v) is 6.15. The monoisotopic (exact) mass is 182 g/mol. The van der Waals surface area contributed by atoms with Crippen molar-refractivity contribution in [1.29, 1.82) is 0 Å². The largest absolute Gasteiger partial charge is 0.481 e. The summed E-state index contributed by atoms with van der Waals surface area (Å²) >= 11 is 5.10. The van der Waals surface area contributed by atoms with Crippen LogP contribution in [0, 0.1) is 0 Å². The smallest absolute Gasteiger partial charge is 0.324 e. The minimum Gasteiger partial charge on any atom is -0.481 e. The summed E-state index contributed by atoms with van der Waals surface area (Å²) in [5.74, 6) is -2.72. The van der Waals surface area contributed by atoms with Crippen LogP contribution in [0.1, 0.15) is 6.42 Å². The van der Waals surface area contributed by atoms with E-state index in [0.717, 1.165) is 0 Å². The van der Waals surface area contributed by atoms with Gasteiger partial charge in [0, 0.05) is 0 Å². The van der Waals surface area contributed by atoms with Crippen LogP contribution in [0.15, 0.2) is 0 Å². The summed E-state index contributed by atoms with van der Waals surface area (Å²) in [6.45, 7) is 0. The van der Waals surface area contributed by atoms with E-state index in [0.29, 0.717) is 0 Å². The van der Waals surface area contributed by atoms with Crippen LogP contribution in [0.25, 0.3) is 0 Å². The molecule has 0 bridgehead atoms. The van der Waals surface area contributed by atoms with Crippen molar-refractivity contribution in [2.45, 2.75) is 17.9 Å². The predicted molar refractivity (Wildman–Crippen MR) is 35.5 cm³/mol. The molecule has 0 aromatic carbocycles. The van der Waals surface area contributed by atoms with E-state index in [1.807, 2.05) is 0 Å². The maximum atomic E-state index is 10.0. The molecule has 0 aliphatic rings. The Labute approximate surface area is 67.2 Å². The van der Waals surface area contributed by atoms with Gasteiger partial charge in [-0.15, -0.1) is 11.6 Å². The molecule has 0 aromatic rings. The standard InChI is InChI=1S/C5H7ClO5/c6-4(5(10)11)2(7)1-3(8)9/h2,4,7H,1H2,(H,8,9)(H,10,11). The molecule has 0 rings (SSSR count). The molecule has 2 atom stereocenters. The Morgan fingerprint density at radius 1 is 1.36 bits per heavy atom. The Morgan fingerprint density at radius 3 is 2.09 bits per heavy atom. The number of rotatable bonds is 4. The maximum absolute atomic E-state index is 10.0. The third-order valence-corrected chi connectivity index (χ3v) is 1.44. The van der Waals surface area contributed by atoms with Crippen molar-refractivity contribution >= 4 is 23.5 Å². The van der Waals surface area contributed by atoms with Gasteiger partial charge in [0.15, 0.2) is 5.38 Å². The van der Waals surface area contributed by atoms with E-state index in [4.69, 9.17) is 26.9 Å². The van der Waals surface area contributed by atoms with Crippen LogP contribution in [0.2, 0.25) is 0 Å². The second kappa shape index (κ2) is 4.15. The molecule has 0 heterocycles. The molecule has 11 heavy (non-hydrogen) atoms. The van der Waals surface area contributed by atoms with Crippen molar-refractivity contribution < 1.29 is 24.9 Å². The van der Waals surface area contributed by atoms with Gasteiger partial charge in [-0.05, 0) is 0 Å². The molecule has 6 heteroatoms. The highest BCUT2D eigenvalue weighted by atomic mass is 35.5. The molecule has 0 saturated heterocycles. The Balaban J connectivity index is 3.92. The van der Waals surface area contributed by atoms with E-state index in [9.17, 15) is 9.59 Å². The summed E-state index contributed by atoms with van der Waals surface area (Å²) in [5, 5.41) is 23.5. The van der Waals surface area contributed by atoms with Gasteiger partial charge >= 0.3 is 11.9 Å². The second-order valence-corrected chi connectivity index (χ2v) is 2.38. The molecule has 3 N–H and O–H groups in total. The number of alkyl halides is 1. The molecule has 2 unspecified atom stereocenters. The van der Waals surface area contributed by atoms with E-state index in [2.05, 4.69) is 0 Å². The third kappa shape index (κ3) is 3.79. The van der Waals surface area contributed by atoms with Crippen LogP contribution in [0.4, 0.5) is 0 Å². The quantitative estimate of drug-likeness (QED) is 0.510. The zero-order valence-electron chi connectivity index (χ0n) is 5.40. The maximum Gasteiger partial charge on any atom is 0.324 e. The lowest BCUT2D eigenvalue weighted by Crippen LogP contribution is -2.30. The lowest BCUT2D eigenvalue weighted by atomic mass is 10.2. The minimum absolute atomic E-state index is 0.666. The molecule has 0 amide bonds. The van der Waals surface area contributed by atoms with Crippen LogP contribution in [-0.4, -0.2) is 38.7 Å². The van der Waals surface area contributed by atoms with Crippen molar-refractivity contribution in [1.82, 2.24) is 0 Å². The van der Waals surface area contributed by atoms with Crippen molar-refractivity contribution in [3.63, 3.8) is 0 Å². The van der Waals surface area contributed by atoms with E-state index in [-0.39, 0.29) is 0 Å². The molecule has 64 valence electrons. The molecule has 0 radical (unpaired) electrons. The first-order valence-electron chi connectivity index (χ1n) is 2.72. The molecule has 5 nitrogen and oxygen atoms in total. The number of hydrogen-bond acceptors (Lipinski definition) is 3.